The van der Waals surface area contributed by atoms with E-state index in [-0.39, 0.29) is 11.9 Å². The molecule has 0 aliphatic carbocycles. The number of pyridine rings is 1. The number of carbonyl (C=O) groups is 1. The normalized spacial score (nSPS) is 15.9. The van der Waals surface area contributed by atoms with Crippen molar-refractivity contribution in [2.75, 3.05) is 25.1 Å². The van der Waals surface area contributed by atoms with Gasteiger partial charge in [-0.1, -0.05) is 18.2 Å². The van der Waals surface area contributed by atoms with E-state index in [1.807, 2.05) is 66.3 Å². The molecule has 0 saturated carbocycles. The van der Waals surface area contributed by atoms with Crippen molar-refractivity contribution < 1.29 is 9.53 Å². The smallest absolute Gasteiger partial charge is 0.230 e. The van der Waals surface area contributed by atoms with E-state index >= 15 is 0 Å². The van der Waals surface area contributed by atoms with Gasteiger partial charge in [0, 0.05) is 37.7 Å². The van der Waals surface area contributed by atoms with Gasteiger partial charge in [0.2, 0.25) is 5.91 Å². The van der Waals surface area contributed by atoms with Crippen molar-refractivity contribution in [1.29, 1.82) is 0 Å². The van der Waals surface area contributed by atoms with Crippen LogP contribution >= 0.6 is 0 Å². The highest BCUT2D eigenvalue weighted by molar-refractivity contribution is 5.86. The van der Waals surface area contributed by atoms with E-state index < -0.39 is 5.41 Å². The average molecular weight is 406 g/mol. The summed E-state index contributed by atoms with van der Waals surface area (Å²) in [5.41, 5.74) is 0.576. The molecule has 1 aliphatic heterocycles. The number of nitrogens with zero attached hydrogens (tertiary/aromatic N) is 4. The van der Waals surface area contributed by atoms with Crippen LogP contribution in [0.2, 0.25) is 0 Å². The summed E-state index contributed by atoms with van der Waals surface area (Å²) in [6.45, 7) is 3.90. The lowest BCUT2D eigenvalue weighted by Crippen LogP contribution is -2.65. The summed E-state index contributed by atoms with van der Waals surface area (Å²) in [5, 5.41) is 7.44. The molecule has 1 N–H and O–H groups in total. The molecule has 3 aromatic rings. The van der Waals surface area contributed by atoms with Gasteiger partial charge in [0.25, 0.3) is 0 Å². The largest absolute Gasteiger partial charge is 0.497 e. The van der Waals surface area contributed by atoms with Crippen molar-refractivity contribution in [1.82, 2.24) is 20.1 Å². The molecule has 1 aromatic carbocycles. The minimum atomic E-state index is -0.512. The van der Waals surface area contributed by atoms with E-state index in [9.17, 15) is 4.79 Å². The van der Waals surface area contributed by atoms with Gasteiger partial charge in [-0.25, -0.2) is 4.98 Å². The molecule has 3 heterocycles. The Morgan fingerprint density at radius 1 is 1.20 bits per heavy atom. The molecule has 4 rings (SSSR count). The molecule has 1 atom stereocenters. The van der Waals surface area contributed by atoms with E-state index in [1.54, 1.807) is 19.5 Å². The Morgan fingerprint density at radius 3 is 2.77 bits per heavy atom. The van der Waals surface area contributed by atoms with Crippen LogP contribution in [0.4, 0.5) is 5.82 Å². The third kappa shape index (κ3) is 4.30. The predicted octanol–water partition coefficient (Wildman–Crippen LogP) is 2.54. The number of aromatic nitrogens is 3. The zero-order chi connectivity index (χ0) is 21.0. The first-order valence-electron chi connectivity index (χ1n) is 10.2. The van der Waals surface area contributed by atoms with Crippen LogP contribution in [0.25, 0.3) is 0 Å². The molecule has 7 nitrogen and oxygen atoms in total. The first-order valence-corrected chi connectivity index (χ1v) is 10.2. The zero-order valence-corrected chi connectivity index (χ0v) is 17.4. The van der Waals surface area contributed by atoms with E-state index in [0.29, 0.717) is 26.1 Å². The highest BCUT2D eigenvalue weighted by atomic mass is 16.5. The monoisotopic (exact) mass is 405 g/mol. The summed E-state index contributed by atoms with van der Waals surface area (Å²) < 4.78 is 7.20. The second-order valence-electron chi connectivity index (χ2n) is 7.96. The van der Waals surface area contributed by atoms with Crippen LogP contribution in [0.1, 0.15) is 12.5 Å². The third-order valence-electron chi connectivity index (χ3n) is 5.52. The molecule has 156 valence electrons. The maximum atomic E-state index is 13.4. The van der Waals surface area contributed by atoms with E-state index in [2.05, 4.69) is 20.3 Å². The molecule has 1 fully saturated rings. The molecule has 0 bridgehead atoms. The van der Waals surface area contributed by atoms with E-state index in [1.165, 1.54) is 0 Å². The van der Waals surface area contributed by atoms with Gasteiger partial charge >= 0.3 is 0 Å². The van der Waals surface area contributed by atoms with E-state index in [4.69, 9.17) is 4.74 Å². The number of rotatable bonds is 8. The minimum absolute atomic E-state index is 0.0246. The second-order valence-corrected chi connectivity index (χ2v) is 7.96. The number of ether oxygens (including phenoxy) is 1. The van der Waals surface area contributed by atoms with Crippen molar-refractivity contribution in [2.24, 2.45) is 5.41 Å². The Bertz CT molecular complexity index is 968. The van der Waals surface area contributed by atoms with Crippen LogP contribution in [0.15, 0.2) is 67.1 Å². The van der Waals surface area contributed by atoms with Gasteiger partial charge < -0.3 is 15.0 Å². The molecule has 0 radical (unpaired) electrons. The Labute approximate surface area is 176 Å². The van der Waals surface area contributed by atoms with Gasteiger partial charge in [0.1, 0.15) is 11.6 Å². The van der Waals surface area contributed by atoms with Crippen molar-refractivity contribution in [3.05, 3.63) is 72.7 Å². The van der Waals surface area contributed by atoms with Gasteiger partial charge in [-0.2, -0.15) is 5.10 Å². The molecule has 1 aliphatic rings. The van der Waals surface area contributed by atoms with Crippen molar-refractivity contribution >= 4 is 11.7 Å². The molecular formula is C23H27N5O2. The maximum absolute atomic E-state index is 13.4. The maximum Gasteiger partial charge on any atom is 0.230 e. The van der Waals surface area contributed by atoms with Crippen molar-refractivity contribution in [2.45, 2.75) is 25.9 Å². The molecule has 30 heavy (non-hydrogen) atoms. The lowest BCUT2D eigenvalue weighted by molar-refractivity contribution is -0.133. The van der Waals surface area contributed by atoms with Crippen LogP contribution in [0.5, 0.6) is 5.75 Å². The van der Waals surface area contributed by atoms with Crippen LogP contribution in [-0.2, 0) is 17.8 Å². The lowest BCUT2D eigenvalue weighted by atomic mass is 9.73. The standard InChI is InChI=1S/C23H27N5O2/c1-18(15-28-12-6-11-25-28)26-22(29)23(14-19-7-5-8-20(13-19)30-2)16-27(17-23)21-9-3-4-10-24-21/h3-13,18H,14-17H2,1-2H3,(H,26,29). The van der Waals surface area contributed by atoms with Crippen molar-refractivity contribution in [3.8, 4) is 5.75 Å². The highest BCUT2D eigenvalue weighted by Gasteiger charge is 2.50. The van der Waals surface area contributed by atoms with Gasteiger partial charge in [0.05, 0.1) is 19.1 Å². The van der Waals surface area contributed by atoms with Gasteiger partial charge in [0.15, 0.2) is 0 Å². The summed E-state index contributed by atoms with van der Waals surface area (Å²) in [6.07, 6.45) is 6.08. The zero-order valence-electron chi connectivity index (χ0n) is 17.4. The summed E-state index contributed by atoms with van der Waals surface area (Å²) in [5.74, 6) is 1.77. The summed E-state index contributed by atoms with van der Waals surface area (Å²) in [6, 6.07) is 15.7. The fraction of sp³-hybridized carbons (Fsp3) is 0.348. The minimum Gasteiger partial charge on any atom is -0.497 e. The Balaban J connectivity index is 1.50. The Hall–Kier alpha value is -3.35. The molecular weight excluding hydrogens is 378 g/mol. The van der Waals surface area contributed by atoms with Crippen LogP contribution in [0.3, 0.4) is 0 Å². The number of benzene rings is 1. The molecule has 1 saturated heterocycles. The van der Waals surface area contributed by atoms with Crippen LogP contribution in [0, 0.1) is 5.41 Å². The molecule has 1 amide bonds. The van der Waals surface area contributed by atoms with Crippen molar-refractivity contribution in [3.63, 3.8) is 0 Å². The second kappa shape index (κ2) is 8.57. The number of hydrogen-bond donors (Lipinski definition) is 1. The topological polar surface area (TPSA) is 72.3 Å². The molecule has 1 unspecified atom stereocenters. The number of nitrogens with one attached hydrogen (secondary N) is 1. The first kappa shape index (κ1) is 19.9. The number of amides is 1. The third-order valence-corrected chi connectivity index (χ3v) is 5.52. The molecule has 7 heteroatoms. The summed E-state index contributed by atoms with van der Waals surface area (Å²) in [7, 11) is 1.66. The summed E-state index contributed by atoms with van der Waals surface area (Å²) >= 11 is 0. The van der Waals surface area contributed by atoms with Gasteiger partial charge in [-0.05, 0) is 49.2 Å². The average Bonchev–Trinajstić information content (AvgIpc) is 3.24. The Kier molecular flexibility index (Phi) is 5.70. The number of hydrogen-bond acceptors (Lipinski definition) is 5. The predicted molar refractivity (Wildman–Crippen MR) is 115 cm³/mol. The fourth-order valence-corrected chi connectivity index (χ4v) is 4.01. The highest BCUT2D eigenvalue weighted by Crippen LogP contribution is 2.37. The summed E-state index contributed by atoms with van der Waals surface area (Å²) in [4.78, 5) is 20.0. The number of carbonyl (C=O) groups excluding carboxylic acids is 1. The first-order chi connectivity index (χ1) is 14.6. The molecule has 2 aromatic heterocycles. The van der Waals surface area contributed by atoms with Crippen LogP contribution in [-0.4, -0.2) is 46.9 Å². The number of anilines is 1. The van der Waals surface area contributed by atoms with Gasteiger partial charge in [-0.3, -0.25) is 9.48 Å². The Morgan fingerprint density at radius 2 is 2.07 bits per heavy atom. The van der Waals surface area contributed by atoms with Gasteiger partial charge in [-0.15, -0.1) is 0 Å². The SMILES string of the molecule is COc1cccc(CC2(C(=O)NC(C)Cn3cccn3)CN(c3ccccn3)C2)c1. The fourth-order valence-electron chi connectivity index (χ4n) is 4.01. The van der Waals surface area contributed by atoms with E-state index in [0.717, 1.165) is 17.1 Å². The molecule has 0 spiro atoms. The lowest BCUT2D eigenvalue weighted by Gasteiger charge is -2.50. The quantitative estimate of drug-likeness (QED) is 0.624. The number of methoxy groups -OCH3 is 1. The van der Waals surface area contributed by atoms with Crippen LogP contribution < -0.4 is 15.0 Å².